The first kappa shape index (κ1) is 17.8. The summed E-state index contributed by atoms with van der Waals surface area (Å²) < 4.78 is 5.33. The van der Waals surface area contributed by atoms with Crippen molar-refractivity contribution in [3.8, 4) is 0 Å². The van der Waals surface area contributed by atoms with Crippen LogP contribution in [0.2, 0.25) is 0 Å². The van der Waals surface area contributed by atoms with E-state index in [-0.39, 0.29) is 23.7 Å². The van der Waals surface area contributed by atoms with E-state index in [2.05, 4.69) is 19.2 Å². The van der Waals surface area contributed by atoms with Gasteiger partial charge in [0.05, 0.1) is 18.4 Å². The summed E-state index contributed by atoms with van der Waals surface area (Å²) >= 11 is 0. The van der Waals surface area contributed by atoms with E-state index in [1.165, 1.54) is 6.42 Å². The van der Waals surface area contributed by atoms with Crippen LogP contribution in [-0.4, -0.2) is 36.1 Å². The van der Waals surface area contributed by atoms with Crippen molar-refractivity contribution in [2.45, 2.75) is 33.6 Å². The van der Waals surface area contributed by atoms with Crippen LogP contribution in [-0.2, 0) is 19.1 Å². The number of ether oxygens (including phenoxy) is 1. The topological polar surface area (TPSA) is 92.7 Å². The molecule has 6 nitrogen and oxygen atoms in total. The number of carboxylic acid groups (broad SMARTS) is 1. The van der Waals surface area contributed by atoms with Gasteiger partial charge in [0.1, 0.15) is 6.54 Å². The highest BCUT2D eigenvalue weighted by molar-refractivity contribution is 5.88. The average molecular weight is 363 g/mol. The summed E-state index contributed by atoms with van der Waals surface area (Å²) in [6.07, 6.45) is 2.14. The van der Waals surface area contributed by atoms with E-state index < -0.39 is 24.3 Å². The van der Waals surface area contributed by atoms with Gasteiger partial charge in [-0.2, -0.15) is 0 Å². The van der Waals surface area contributed by atoms with E-state index in [1.807, 2.05) is 0 Å². The third-order valence-electron chi connectivity index (χ3n) is 8.28. The Labute approximate surface area is 154 Å². The number of carboxylic acids is 1. The molecule has 4 aliphatic carbocycles. The molecule has 144 valence electrons. The third kappa shape index (κ3) is 2.33. The lowest BCUT2D eigenvalue weighted by molar-refractivity contribution is -0.159. The molecule has 0 spiro atoms. The number of esters is 1. The molecule has 10 unspecified atom stereocenters. The molecule has 0 aromatic carbocycles. The Morgan fingerprint density at radius 3 is 2.04 bits per heavy atom. The molecule has 0 aromatic heterocycles. The number of nitrogens with one attached hydrogen (secondary N) is 1. The molecule has 1 amide bonds. The first-order valence-electron chi connectivity index (χ1n) is 10.0. The van der Waals surface area contributed by atoms with Gasteiger partial charge >= 0.3 is 11.9 Å². The minimum Gasteiger partial charge on any atom is -0.480 e. The molecular formula is C20H29NO5. The molecular weight excluding hydrogens is 334 g/mol. The summed E-state index contributed by atoms with van der Waals surface area (Å²) in [4.78, 5) is 36.4. The van der Waals surface area contributed by atoms with Gasteiger partial charge in [-0.15, -0.1) is 0 Å². The van der Waals surface area contributed by atoms with E-state index in [0.29, 0.717) is 42.1 Å². The zero-order chi connectivity index (χ0) is 18.7. The molecule has 4 saturated carbocycles. The van der Waals surface area contributed by atoms with E-state index in [0.717, 1.165) is 6.42 Å². The summed E-state index contributed by atoms with van der Waals surface area (Å²) in [5.74, 6) is 1.68. The van der Waals surface area contributed by atoms with Crippen LogP contribution in [0.4, 0.5) is 0 Å². The molecule has 0 heterocycles. The molecule has 6 heteroatoms. The molecule has 4 rings (SSSR count). The van der Waals surface area contributed by atoms with Crippen LogP contribution >= 0.6 is 0 Å². The van der Waals surface area contributed by atoms with Crippen LogP contribution in [0.25, 0.3) is 0 Å². The number of fused-ring (bicyclic) bond motifs is 9. The third-order valence-corrected chi connectivity index (χ3v) is 8.28. The summed E-state index contributed by atoms with van der Waals surface area (Å²) in [5.41, 5.74) is 0. The monoisotopic (exact) mass is 363 g/mol. The zero-order valence-electron chi connectivity index (χ0n) is 15.7. The Bertz CT molecular complexity index is 634. The van der Waals surface area contributed by atoms with Crippen LogP contribution in [0.3, 0.4) is 0 Å². The molecule has 4 bridgehead atoms. The molecule has 0 saturated heterocycles. The highest BCUT2D eigenvalue weighted by Crippen LogP contribution is 2.72. The number of hydrogen-bond donors (Lipinski definition) is 2. The Balaban J connectivity index is 1.62. The van der Waals surface area contributed by atoms with Crippen molar-refractivity contribution in [1.82, 2.24) is 5.32 Å². The molecule has 10 atom stereocenters. The Morgan fingerprint density at radius 2 is 1.50 bits per heavy atom. The van der Waals surface area contributed by atoms with Crippen molar-refractivity contribution in [3.05, 3.63) is 0 Å². The normalized spacial score (nSPS) is 47.7. The van der Waals surface area contributed by atoms with Gasteiger partial charge in [-0.05, 0) is 67.1 Å². The van der Waals surface area contributed by atoms with Crippen molar-refractivity contribution in [2.24, 2.45) is 59.2 Å². The maximum absolute atomic E-state index is 12.8. The fourth-order valence-electron chi connectivity index (χ4n) is 7.45. The molecule has 0 aromatic rings. The van der Waals surface area contributed by atoms with Gasteiger partial charge in [0.2, 0.25) is 5.91 Å². The molecule has 0 aliphatic heterocycles. The van der Waals surface area contributed by atoms with Crippen LogP contribution in [0.5, 0.6) is 0 Å². The maximum Gasteiger partial charge on any atom is 0.322 e. The first-order chi connectivity index (χ1) is 12.4. The number of rotatable bonds is 5. The summed E-state index contributed by atoms with van der Waals surface area (Å²) in [6.45, 7) is 6.38. The van der Waals surface area contributed by atoms with Crippen molar-refractivity contribution < 1.29 is 24.2 Å². The average Bonchev–Trinajstić information content (AvgIpc) is 3.31. The highest BCUT2D eigenvalue weighted by atomic mass is 16.5. The second-order valence-corrected chi connectivity index (χ2v) is 8.91. The minimum atomic E-state index is -1.06. The van der Waals surface area contributed by atoms with E-state index in [9.17, 15) is 14.4 Å². The van der Waals surface area contributed by atoms with Gasteiger partial charge in [-0.25, -0.2) is 0 Å². The molecule has 4 fully saturated rings. The van der Waals surface area contributed by atoms with Crippen molar-refractivity contribution in [1.29, 1.82) is 0 Å². The van der Waals surface area contributed by atoms with Gasteiger partial charge in [0.15, 0.2) is 0 Å². The van der Waals surface area contributed by atoms with E-state index in [1.54, 1.807) is 6.92 Å². The standard InChI is InChI=1S/C20H29NO5/c1-4-26-20(25)18-13-6-12(17(18)19(24)21-7-14(22)23)15-10-5-11(16(13)15)9(3)8(10)2/h8-13,15-18H,4-7H2,1-3H3,(H,21,24)(H,22,23). The summed E-state index contributed by atoms with van der Waals surface area (Å²) in [5, 5.41) is 11.4. The smallest absolute Gasteiger partial charge is 0.322 e. The second-order valence-electron chi connectivity index (χ2n) is 8.91. The Morgan fingerprint density at radius 1 is 0.962 bits per heavy atom. The van der Waals surface area contributed by atoms with Gasteiger partial charge in [0, 0.05) is 0 Å². The quantitative estimate of drug-likeness (QED) is 0.574. The van der Waals surface area contributed by atoms with Gasteiger partial charge in [-0.1, -0.05) is 13.8 Å². The Kier molecular flexibility index (Phi) is 4.27. The predicted octanol–water partition coefficient (Wildman–Crippen LogP) is 1.79. The van der Waals surface area contributed by atoms with Gasteiger partial charge in [-0.3, -0.25) is 14.4 Å². The van der Waals surface area contributed by atoms with Crippen molar-refractivity contribution in [3.63, 3.8) is 0 Å². The van der Waals surface area contributed by atoms with Gasteiger partial charge in [0.25, 0.3) is 0 Å². The van der Waals surface area contributed by atoms with Gasteiger partial charge < -0.3 is 15.2 Å². The Hall–Kier alpha value is -1.59. The van der Waals surface area contributed by atoms with Crippen molar-refractivity contribution >= 4 is 17.8 Å². The largest absolute Gasteiger partial charge is 0.480 e. The zero-order valence-corrected chi connectivity index (χ0v) is 15.7. The molecule has 26 heavy (non-hydrogen) atoms. The maximum atomic E-state index is 12.8. The fourth-order valence-corrected chi connectivity index (χ4v) is 7.45. The number of carbonyl (C=O) groups excluding carboxylic acids is 2. The molecule has 2 N–H and O–H groups in total. The molecule has 4 aliphatic rings. The lowest BCUT2D eigenvalue weighted by atomic mass is 9.59. The highest BCUT2D eigenvalue weighted by Gasteiger charge is 2.70. The van der Waals surface area contributed by atoms with Crippen LogP contribution < -0.4 is 5.32 Å². The predicted molar refractivity (Wildman–Crippen MR) is 92.8 cm³/mol. The first-order valence-corrected chi connectivity index (χ1v) is 10.0. The minimum absolute atomic E-state index is 0.193. The van der Waals surface area contributed by atoms with E-state index >= 15 is 0 Å². The number of hydrogen-bond acceptors (Lipinski definition) is 4. The van der Waals surface area contributed by atoms with Crippen LogP contribution in [0.15, 0.2) is 0 Å². The van der Waals surface area contributed by atoms with E-state index in [4.69, 9.17) is 9.84 Å². The molecule has 0 radical (unpaired) electrons. The van der Waals surface area contributed by atoms with Crippen molar-refractivity contribution in [2.75, 3.05) is 13.2 Å². The second kappa shape index (κ2) is 6.24. The fraction of sp³-hybridized carbons (Fsp3) is 0.850. The summed E-state index contributed by atoms with van der Waals surface area (Å²) in [6, 6.07) is 0. The number of carbonyl (C=O) groups is 3. The lowest BCUT2D eigenvalue weighted by Crippen LogP contribution is -2.50. The number of aliphatic carboxylic acids is 1. The summed E-state index contributed by atoms with van der Waals surface area (Å²) in [7, 11) is 0. The van der Waals surface area contributed by atoms with Crippen LogP contribution in [0, 0.1) is 59.2 Å². The lowest BCUT2D eigenvalue weighted by Gasteiger charge is -2.45. The van der Waals surface area contributed by atoms with Crippen LogP contribution in [0.1, 0.15) is 33.6 Å². The number of amides is 1. The SMILES string of the molecule is CCOC(=O)C1C2CC(C1C(=O)NCC(=O)O)C1C3CC(C(C)C3C)C21.